The first kappa shape index (κ1) is 35.2. The molecule has 12 rings (SSSR count). The summed E-state index contributed by atoms with van der Waals surface area (Å²) in [5.74, 6) is 0. The van der Waals surface area contributed by atoms with E-state index in [0.717, 1.165) is 33.8 Å². The molecule has 0 radical (unpaired) electrons. The van der Waals surface area contributed by atoms with E-state index in [0.29, 0.717) is 0 Å². The molecule has 61 heavy (non-hydrogen) atoms. The molecule has 0 bridgehead atoms. The molecule has 2 heterocycles. The van der Waals surface area contributed by atoms with Gasteiger partial charge >= 0.3 is 0 Å². The van der Waals surface area contributed by atoms with Gasteiger partial charge in [-0.15, -0.1) is 11.3 Å². The van der Waals surface area contributed by atoms with Gasteiger partial charge in [0.05, 0.1) is 28.1 Å². The van der Waals surface area contributed by atoms with Crippen LogP contribution in [-0.2, 0) is 0 Å². The highest BCUT2D eigenvalue weighted by molar-refractivity contribution is 7.25. The van der Waals surface area contributed by atoms with E-state index in [1.807, 2.05) is 11.3 Å². The van der Waals surface area contributed by atoms with Crippen molar-refractivity contribution in [3.05, 3.63) is 231 Å². The molecule has 0 atom stereocenters. The van der Waals surface area contributed by atoms with Gasteiger partial charge in [-0.25, -0.2) is 0 Å². The third-order valence-corrected chi connectivity index (χ3v) is 13.3. The third kappa shape index (κ3) is 5.70. The first-order valence-corrected chi connectivity index (χ1v) is 21.7. The maximum Gasteiger partial charge on any atom is 0.0782 e. The Labute approximate surface area is 358 Å². The molecule has 0 aliphatic heterocycles. The number of nitrogens with zero attached hydrogens (tertiary/aromatic N) is 2. The van der Waals surface area contributed by atoms with Gasteiger partial charge < -0.3 is 9.47 Å². The van der Waals surface area contributed by atoms with Crippen LogP contribution in [0.2, 0.25) is 0 Å². The summed E-state index contributed by atoms with van der Waals surface area (Å²) in [5.41, 5.74) is 13.9. The quantitative estimate of drug-likeness (QED) is 0.156. The molecule has 0 aliphatic carbocycles. The van der Waals surface area contributed by atoms with Crippen molar-refractivity contribution >= 4 is 81.1 Å². The van der Waals surface area contributed by atoms with E-state index >= 15 is 0 Å². The van der Waals surface area contributed by atoms with Gasteiger partial charge in [0.2, 0.25) is 0 Å². The zero-order chi connectivity index (χ0) is 40.3. The van der Waals surface area contributed by atoms with Gasteiger partial charge in [-0.1, -0.05) is 182 Å². The number of fused-ring (bicyclic) bond motifs is 7. The van der Waals surface area contributed by atoms with Crippen molar-refractivity contribution in [2.45, 2.75) is 0 Å². The van der Waals surface area contributed by atoms with Gasteiger partial charge in [0, 0.05) is 47.8 Å². The molecule has 10 aromatic carbocycles. The average molecular weight is 795 g/mol. The van der Waals surface area contributed by atoms with E-state index in [2.05, 4.69) is 240 Å². The van der Waals surface area contributed by atoms with Crippen molar-refractivity contribution in [3.63, 3.8) is 0 Å². The number of hydrogen-bond donors (Lipinski definition) is 0. The van der Waals surface area contributed by atoms with Crippen molar-refractivity contribution in [3.8, 4) is 39.1 Å². The lowest BCUT2D eigenvalue weighted by Crippen LogP contribution is -2.14. The molecule has 0 amide bonds. The van der Waals surface area contributed by atoms with E-state index in [1.54, 1.807) is 0 Å². The van der Waals surface area contributed by atoms with Crippen molar-refractivity contribution < 1.29 is 0 Å². The second-order valence-electron chi connectivity index (χ2n) is 15.6. The fourth-order valence-electron chi connectivity index (χ4n) is 9.63. The highest BCUT2D eigenvalue weighted by atomic mass is 32.1. The molecule has 3 heteroatoms. The number of rotatable bonds is 7. The number of aromatic nitrogens is 1. The summed E-state index contributed by atoms with van der Waals surface area (Å²) in [4.78, 5) is 2.54. The Bertz CT molecular complexity index is 3590. The number of hydrogen-bond acceptors (Lipinski definition) is 2. The second kappa shape index (κ2) is 14.5. The summed E-state index contributed by atoms with van der Waals surface area (Å²) in [7, 11) is 0. The zero-order valence-electron chi connectivity index (χ0n) is 33.2. The predicted molar refractivity (Wildman–Crippen MR) is 262 cm³/mol. The van der Waals surface area contributed by atoms with Crippen molar-refractivity contribution in [1.29, 1.82) is 0 Å². The lowest BCUT2D eigenvalue weighted by molar-refractivity contribution is 1.17. The Morgan fingerprint density at radius 1 is 0.328 bits per heavy atom. The van der Waals surface area contributed by atoms with E-state index in [1.165, 1.54) is 75.1 Å². The fourth-order valence-corrected chi connectivity index (χ4v) is 10.8. The summed E-state index contributed by atoms with van der Waals surface area (Å²) in [6, 6.07) is 84.3. The first-order valence-electron chi connectivity index (χ1n) is 20.9. The van der Waals surface area contributed by atoms with Crippen LogP contribution in [0.3, 0.4) is 0 Å². The Morgan fingerprint density at radius 2 is 0.836 bits per heavy atom. The molecule has 0 saturated carbocycles. The van der Waals surface area contributed by atoms with E-state index < -0.39 is 0 Å². The largest absolute Gasteiger partial charge is 0.307 e. The molecule has 0 unspecified atom stereocenters. The van der Waals surface area contributed by atoms with Gasteiger partial charge in [0.25, 0.3) is 0 Å². The molecule has 2 nitrogen and oxygen atoms in total. The summed E-state index contributed by atoms with van der Waals surface area (Å²) < 4.78 is 5.04. The van der Waals surface area contributed by atoms with Crippen LogP contribution in [0.4, 0.5) is 17.1 Å². The number of benzene rings is 10. The maximum atomic E-state index is 2.54. The minimum Gasteiger partial charge on any atom is -0.307 e. The summed E-state index contributed by atoms with van der Waals surface area (Å²) in [5, 5.41) is 7.46. The topological polar surface area (TPSA) is 8.17 Å². The molecule has 0 aliphatic rings. The normalized spacial score (nSPS) is 11.6. The summed E-state index contributed by atoms with van der Waals surface area (Å²) in [6.07, 6.45) is 0. The fraction of sp³-hybridized carbons (Fsp3) is 0. The van der Waals surface area contributed by atoms with Crippen LogP contribution in [0.15, 0.2) is 231 Å². The van der Waals surface area contributed by atoms with Gasteiger partial charge in [-0.2, -0.15) is 0 Å². The molecule has 12 aromatic rings. The Balaban J connectivity index is 1.21. The minimum absolute atomic E-state index is 1.10. The molecule has 2 aromatic heterocycles. The maximum absolute atomic E-state index is 2.54. The van der Waals surface area contributed by atoms with Crippen LogP contribution in [0.25, 0.3) is 91.8 Å². The van der Waals surface area contributed by atoms with Crippen molar-refractivity contribution in [2.75, 3.05) is 4.90 Å². The standard InChI is InChI=1S/C58H38N2S/c1-3-19-39(20-4-1)42-29-15-21-40-22-16-30-46(56(40)42)43-25-7-12-34-51(43)60(52-35-13-8-26-44(52)47-31-18-38-55-57(47)49-28-10-14-37-54(49)61-55)53-36-17-32-48-45-27-9-11-33-50(45)59(58(48)53)41-23-5-2-6-24-41/h1-38H. The molecule has 0 spiro atoms. The number of anilines is 3. The van der Waals surface area contributed by atoms with Crippen LogP contribution >= 0.6 is 11.3 Å². The van der Waals surface area contributed by atoms with E-state index in [9.17, 15) is 0 Å². The van der Waals surface area contributed by atoms with Crippen LogP contribution < -0.4 is 4.90 Å². The molecular formula is C58H38N2S. The van der Waals surface area contributed by atoms with Crippen molar-refractivity contribution in [2.24, 2.45) is 0 Å². The number of para-hydroxylation sites is 5. The van der Waals surface area contributed by atoms with Gasteiger partial charge in [-0.3, -0.25) is 0 Å². The number of thiophene rings is 1. The lowest BCUT2D eigenvalue weighted by atomic mass is 9.90. The third-order valence-electron chi connectivity index (χ3n) is 12.2. The van der Waals surface area contributed by atoms with Crippen LogP contribution in [0.5, 0.6) is 0 Å². The van der Waals surface area contributed by atoms with Crippen LogP contribution in [0, 0.1) is 0 Å². The van der Waals surface area contributed by atoms with Crippen LogP contribution in [-0.4, -0.2) is 4.57 Å². The zero-order valence-corrected chi connectivity index (χ0v) is 34.1. The highest BCUT2D eigenvalue weighted by Gasteiger charge is 2.26. The monoisotopic (exact) mass is 794 g/mol. The van der Waals surface area contributed by atoms with Gasteiger partial charge in [0.15, 0.2) is 0 Å². The molecule has 0 fully saturated rings. The summed E-state index contributed by atoms with van der Waals surface area (Å²) >= 11 is 1.86. The Kier molecular flexibility index (Phi) is 8.39. The van der Waals surface area contributed by atoms with Crippen molar-refractivity contribution in [1.82, 2.24) is 4.57 Å². The predicted octanol–water partition coefficient (Wildman–Crippen LogP) is 16.8. The SMILES string of the molecule is c1ccc(-c2cccc3cccc(-c4ccccc4N(c4ccccc4-c4cccc5sc6ccccc6c45)c4cccc5c6ccccc6n(-c6ccccc6)c45)c23)cc1. The first-order chi connectivity index (χ1) is 30.3. The molecule has 286 valence electrons. The van der Waals surface area contributed by atoms with E-state index in [4.69, 9.17) is 0 Å². The van der Waals surface area contributed by atoms with Gasteiger partial charge in [0.1, 0.15) is 0 Å². The van der Waals surface area contributed by atoms with E-state index in [-0.39, 0.29) is 0 Å². The van der Waals surface area contributed by atoms with Crippen LogP contribution in [0.1, 0.15) is 0 Å². The molecular weight excluding hydrogens is 757 g/mol. The van der Waals surface area contributed by atoms with Gasteiger partial charge in [-0.05, 0) is 81.6 Å². The second-order valence-corrected chi connectivity index (χ2v) is 16.7. The summed E-state index contributed by atoms with van der Waals surface area (Å²) in [6.45, 7) is 0. The minimum atomic E-state index is 1.10. The Hall–Kier alpha value is -7.72. The molecule has 0 saturated heterocycles. The lowest BCUT2D eigenvalue weighted by Gasteiger charge is -2.31. The smallest absolute Gasteiger partial charge is 0.0782 e. The highest BCUT2D eigenvalue weighted by Crippen LogP contribution is 2.51. The molecule has 0 N–H and O–H groups in total. The average Bonchev–Trinajstić information content (AvgIpc) is 3.89. The Morgan fingerprint density at radius 3 is 1.59 bits per heavy atom.